The molecule has 7 nitrogen and oxygen atoms in total. The fourth-order valence-electron chi connectivity index (χ4n) is 2.91. The number of aliphatic hydroxyl groups is 1. The second kappa shape index (κ2) is 9.44. The fourth-order valence-corrected chi connectivity index (χ4v) is 4.22. The zero-order chi connectivity index (χ0) is 21.7. The van der Waals surface area contributed by atoms with Crippen LogP contribution >= 0.6 is 11.6 Å². The highest BCUT2D eigenvalue weighted by atomic mass is 35.5. The molecule has 0 aliphatic rings. The van der Waals surface area contributed by atoms with Gasteiger partial charge in [-0.3, -0.25) is 5.41 Å². The normalized spacial score (nSPS) is 12.6. The van der Waals surface area contributed by atoms with Crippen LogP contribution in [-0.2, 0) is 9.84 Å². The van der Waals surface area contributed by atoms with Gasteiger partial charge in [-0.2, -0.15) is 0 Å². The standard InChI is InChI=1S/C21H23ClN4O3S/c22-17-5-1-16-10-20(8-4-15(16)9-17)30(28,29)13-25-11-19(27)12-26-18-6-2-14(3-7-18)21(23)24/h1-10,19,25-27H,11-13H2,(H3,23,24). The molecule has 158 valence electrons. The molecule has 3 aromatic rings. The van der Waals surface area contributed by atoms with Crippen molar-refractivity contribution in [1.29, 1.82) is 5.41 Å². The van der Waals surface area contributed by atoms with Gasteiger partial charge in [0.2, 0.25) is 0 Å². The smallest absolute Gasteiger partial charge is 0.191 e. The van der Waals surface area contributed by atoms with Gasteiger partial charge >= 0.3 is 0 Å². The second-order valence-corrected chi connectivity index (χ2v) is 9.32. The molecule has 0 bridgehead atoms. The lowest BCUT2D eigenvalue weighted by Gasteiger charge is -2.14. The summed E-state index contributed by atoms with van der Waals surface area (Å²) in [6, 6.07) is 17.1. The van der Waals surface area contributed by atoms with E-state index in [0.717, 1.165) is 16.5 Å². The fraction of sp³-hybridized carbons (Fsp3) is 0.190. The maximum Gasteiger partial charge on any atom is 0.191 e. The maximum atomic E-state index is 12.6. The molecule has 1 atom stereocenters. The van der Waals surface area contributed by atoms with Crippen molar-refractivity contribution < 1.29 is 13.5 Å². The molecule has 0 aliphatic carbocycles. The van der Waals surface area contributed by atoms with E-state index in [4.69, 9.17) is 22.7 Å². The zero-order valence-corrected chi connectivity index (χ0v) is 17.7. The molecule has 0 saturated carbocycles. The molecule has 30 heavy (non-hydrogen) atoms. The third-order valence-corrected chi connectivity index (χ3v) is 6.33. The minimum Gasteiger partial charge on any atom is -0.390 e. The Hall–Kier alpha value is -2.65. The number of halogens is 1. The van der Waals surface area contributed by atoms with Crippen LogP contribution in [-0.4, -0.2) is 44.4 Å². The van der Waals surface area contributed by atoms with Crippen LogP contribution in [0.3, 0.4) is 0 Å². The molecule has 0 amide bonds. The highest BCUT2D eigenvalue weighted by Crippen LogP contribution is 2.23. The van der Waals surface area contributed by atoms with E-state index in [0.29, 0.717) is 10.6 Å². The number of nitrogens with two attached hydrogens (primary N) is 1. The van der Waals surface area contributed by atoms with Crippen LogP contribution in [0.1, 0.15) is 5.56 Å². The van der Waals surface area contributed by atoms with Gasteiger partial charge in [-0.05, 0) is 59.3 Å². The van der Waals surface area contributed by atoms with E-state index >= 15 is 0 Å². The van der Waals surface area contributed by atoms with Crippen LogP contribution in [0.5, 0.6) is 0 Å². The minimum atomic E-state index is -3.55. The number of nitrogen functional groups attached to an aromatic ring is 1. The molecule has 0 aliphatic heterocycles. The van der Waals surface area contributed by atoms with Crippen molar-refractivity contribution in [2.75, 3.05) is 24.3 Å². The van der Waals surface area contributed by atoms with Gasteiger partial charge in [0, 0.05) is 29.4 Å². The van der Waals surface area contributed by atoms with Crippen molar-refractivity contribution >= 4 is 43.7 Å². The van der Waals surface area contributed by atoms with Crippen LogP contribution in [0.2, 0.25) is 5.02 Å². The largest absolute Gasteiger partial charge is 0.390 e. The third-order valence-electron chi connectivity index (χ3n) is 4.54. The van der Waals surface area contributed by atoms with Gasteiger partial charge in [0.25, 0.3) is 0 Å². The topological polar surface area (TPSA) is 128 Å². The molecule has 1 unspecified atom stereocenters. The molecule has 0 heterocycles. The molecular weight excluding hydrogens is 424 g/mol. The van der Waals surface area contributed by atoms with Crippen LogP contribution < -0.4 is 16.4 Å². The predicted octanol–water partition coefficient (Wildman–Crippen LogP) is 2.57. The predicted molar refractivity (Wildman–Crippen MR) is 121 cm³/mol. The molecule has 6 N–H and O–H groups in total. The summed E-state index contributed by atoms with van der Waals surface area (Å²) in [4.78, 5) is 0.211. The Bertz CT molecular complexity index is 1150. The summed E-state index contributed by atoms with van der Waals surface area (Å²) in [6.45, 7) is 0.351. The number of hydrogen-bond acceptors (Lipinski definition) is 6. The first kappa shape index (κ1) is 22.0. The first-order valence-electron chi connectivity index (χ1n) is 9.24. The molecule has 3 aromatic carbocycles. The number of benzene rings is 3. The first-order valence-corrected chi connectivity index (χ1v) is 11.3. The van der Waals surface area contributed by atoms with Crippen molar-refractivity contribution in [3.05, 3.63) is 71.2 Å². The Morgan fingerprint density at radius 1 is 1.03 bits per heavy atom. The van der Waals surface area contributed by atoms with E-state index in [1.807, 2.05) is 0 Å². The monoisotopic (exact) mass is 446 g/mol. The summed E-state index contributed by atoms with van der Waals surface area (Å²) < 4.78 is 25.2. The van der Waals surface area contributed by atoms with Crippen molar-refractivity contribution in [3.8, 4) is 0 Å². The van der Waals surface area contributed by atoms with E-state index in [1.165, 1.54) is 0 Å². The highest BCUT2D eigenvalue weighted by Gasteiger charge is 2.15. The van der Waals surface area contributed by atoms with E-state index in [2.05, 4.69) is 10.6 Å². The number of nitrogens with one attached hydrogen (secondary N) is 3. The second-order valence-electron chi connectivity index (χ2n) is 6.89. The molecule has 3 rings (SSSR count). The summed E-state index contributed by atoms with van der Waals surface area (Å²) in [7, 11) is -3.55. The van der Waals surface area contributed by atoms with Gasteiger partial charge < -0.3 is 21.5 Å². The number of fused-ring (bicyclic) bond motifs is 1. The summed E-state index contributed by atoms with van der Waals surface area (Å²) in [5, 5.41) is 25.6. The Balaban J connectivity index is 1.51. The van der Waals surface area contributed by atoms with Crippen LogP contribution in [0.15, 0.2) is 65.6 Å². The average molecular weight is 447 g/mol. The molecule has 0 aromatic heterocycles. The Kier molecular flexibility index (Phi) is 6.94. The van der Waals surface area contributed by atoms with Gasteiger partial charge in [-0.15, -0.1) is 0 Å². The summed E-state index contributed by atoms with van der Waals surface area (Å²) in [5.74, 6) is -0.293. The number of aliphatic hydroxyl groups excluding tert-OH is 1. The van der Waals surface area contributed by atoms with Gasteiger partial charge in [0.1, 0.15) is 11.7 Å². The minimum absolute atomic E-state index is 0.0118. The van der Waals surface area contributed by atoms with Gasteiger partial charge in [-0.25, -0.2) is 8.42 Å². The van der Waals surface area contributed by atoms with E-state index in [9.17, 15) is 13.5 Å². The molecule has 0 spiro atoms. The van der Waals surface area contributed by atoms with Gasteiger partial charge in [-0.1, -0.05) is 23.7 Å². The Labute approximate surface area is 180 Å². The average Bonchev–Trinajstić information content (AvgIpc) is 2.72. The van der Waals surface area contributed by atoms with Crippen molar-refractivity contribution in [1.82, 2.24) is 5.32 Å². The van der Waals surface area contributed by atoms with Crippen LogP contribution in [0, 0.1) is 5.41 Å². The number of amidine groups is 1. The number of sulfone groups is 1. The number of hydrogen-bond donors (Lipinski definition) is 5. The van der Waals surface area contributed by atoms with Crippen molar-refractivity contribution in [2.24, 2.45) is 5.73 Å². The molecule has 0 saturated heterocycles. The lowest BCUT2D eigenvalue weighted by molar-refractivity contribution is 0.186. The third kappa shape index (κ3) is 5.70. The highest BCUT2D eigenvalue weighted by molar-refractivity contribution is 7.91. The van der Waals surface area contributed by atoms with Gasteiger partial charge in [0.15, 0.2) is 9.84 Å². The molecule has 9 heteroatoms. The summed E-state index contributed by atoms with van der Waals surface area (Å²) in [6.07, 6.45) is -0.786. The molecule has 0 radical (unpaired) electrons. The number of anilines is 1. The van der Waals surface area contributed by atoms with Crippen molar-refractivity contribution in [3.63, 3.8) is 0 Å². The van der Waals surface area contributed by atoms with Crippen LogP contribution in [0.25, 0.3) is 10.8 Å². The summed E-state index contributed by atoms with van der Waals surface area (Å²) in [5.41, 5.74) is 6.79. The van der Waals surface area contributed by atoms with E-state index in [1.54, 1.807) is 60.7 Å². The quantitative estimate of drug-likeness (QED) is 0.254. The van der Waals surface area contributed by atoms with Crippen LogP contribution in [0.4, 0.5) is 5.69 Å². The van der Waals surface area contributed by atoms with E-state index < -0.39 is 15.9 Å². The lowest BCUT2D eigenvalue weighted by Crippen LogP contribution is -2.35. The summed E-state index contributed by atoms with van der Waals surface area (Å²) >= 11 is 5.96. The van der Waals surface area contributed by atoms with Crippen molar-refractivity contribution in [2.45, 2.75) is 11.0 Å². The van der Waals surface area contributed by atoms with E-state index in [-0.39, 0.29) is 29.7 Å². The molecular formula is C21H23ClN4O3S. The Morgan fingerprint density at radius 2 is 1.70 bits per heavy atom. The number of rotatable bonds is 9. The SMILES string of the molecule is N=C(N)c1ccc(NCC(O)CNCS(=O)(=O)c2ccc3cc(Cl)ccc3c2)cc1. The van der Waals surface area contributed by atoms with Gasteiger partial charge in [0.05, 0.1) is 11.0 Å². The maximum absolute atomic E-state index is 12.6. The lowest BCUT2D eigenvalue weighted by atomic mass is 10.1. The Morgan fingerprint density at radius 3 is 2.40 bits per heavy atom. The zero-order valence-electron chi connectivity index (χ0n) is 16.1. The first-order chi connectivity index (χ1) is 14.2. The molecule has 0 fully saturated rings.